The van der Waals surface area contributed by atoms with E-state index in [2.05, 4.69) is 17.1 Å². The van der Waals surface area contributed by atoms with Crippen LogP contribution in [-0.2, 0) is 12.2 Å². The molecule has 2 N–H and O–H groups in total. The van der Waals surface area contributed by atoms with Gasteiger partial charge in [-0.2, -0.15) is 16.7 Å². The molecule has 0 amide bonds. The zero-order valence-corrected chi connectivity index (χ0v) is 11.9. The molecule has 2 rings (SSSR count). The van der Waals surface area contributed by atoms with Gasteiger partial charge in [0.05, 0.1) is 5.75 Å². The van der Waals surface area contributed by atoms with Crippen LogP contribution in [0.15, 0.2) is 4.52 Å². The number of hydrogen-bond acceptors (Lipinski definition) is 5. The average Bonchev–Trinajstić information content (AvgIpc) is 2.85. The highest BCUT2D eigenvalue weighted by atomic mass is 32.2. The zero-order valence-electron chi connectivity index (χ0n) is 11.1. The van der Waals surface area contributed by atoms with E-state index in [-0.39, 0.29) is 0 Å². The van der Waals surface area contributed by atoms with E-state index in [1.54, 1.807) is 0 Å². The van der Waals surface area contributed by atoms with Crippen molar-refractivity contribution >= 4 is 11.8 Å². The van der Waals surface area contributed by atoms with Gasteiger partial charge in [0.2, 0.25) is 5.89 Å². The van der Waals surface area contributed by atoms with Crippen molar-refractivity contribution in [2.45, 2.75) is 56.5 Å². The number of aromatic nitrogens is 2. The fraction of sp³-hybridized carbons (Fsp3) is 0.846. The quantitative estimate of drug-likeness (QED) is 0.860. The van der Waals surface area contributed by atoms with Crippen LogP contribution in [0.2, 0.25) is 0 Å². The largest absolute Gasteiger partial charge is 0.339 e. The number of nitrogens with two attached hydrogens (primary N) is 1. The van der Waals surface area contributed by atoms with Crippen molar-refractivity contribution in [2.75, 3.05) is 6.54 Å². The van der Waals surface area contributed by atoms with E-state index in [0.29, 0.717) is 12.5 Å². The third kappa shape index (κ3) is 4.28. The Hall–Kier alpha value is -0.550. The lowest BCUT2D eigenvalue weighted by Gasteiger charge is -2.19. The first-order valence-corrected chi connectivity index (χ1v) is 7.96. The second kappa shape index (κ2) is 7.14. The zero-order chi connectivity index (χ0) is 12.8. The Labute approximate surface area is 113 Å². The van der Waals surface area contributed by atoms with Crippen LogP contribution in [-0.4, -0.2) is 21.9 Å². The molecular weight excluding hydrogens is 246 g/mol. The minimum atomic E-state index is 0.407. The normalized spacial score (nSPS) is 19.0. The molecule has 0 radical (unpaired) electrons. The van der Waals surface area contributed by atoms with Gasteiger partial charge in [0.25, 0.3) is 0 Å². The molecule has 1 aliphatic rings. The number of rotatable bonds is 6. The highest BCUT2D eigenvalue weighted by Crippen LogP contribution is 2.29. The van der Waals surface area contributed by atoms with Crippen LogP contribution in [0, 0.1) is 5.92 Å². The van der Waals surface area contributed by atoms with Gasteiger partial charge in [0, 0.05) is 11.7 Å². The second-order valence-electron chi connectivity index (χ2n) is 5.22. The molecular formula is C13H23N3OS. The van der Waals surface area contributed by atoms with Crippen molar-refractivity contribution in [3.05, 3.63) is 11.7 Å². The molecule has 0 saturated heterocycles. The highest BCUT2D eigenvalue weighted by Gasteiger charge is 2.16. The Morgan fingerprint density at radius 2 is 2.17 bits per heavy atom. The fourth-order valence-corrected chi connectivity index (χ4v) is 3.41. The van der Waals surface area contributed by atoms with E-state index in [9.17, 15) is 0 Å². The third-order valence-corrected chi connectivity index (χ3v) is 4.80. The van der Waals surface area contributed by atoms with Gasteiger partial charge in [0.15, 0.2) is 5.82 Å². The molecule has 102 valence electrons. The van der Waals surface area contributed by atoms with Crippen LogP contribution in [0.25, 0.3) is 0 Å². The molecule has 1 fully saturated rings. The summed E-state index contributed by atoms with van der Waals surface area (Å²) < 4.78 is 5.25. The minimum absolute atomic E-state index is 0.407. The Morgan fingerprint density at radius 3 is 2.89 bits per heavy atom. The fourth-order valence-electron chi connectivity index (χ4n) is 2.24. The van der Waals surface area contributed by atoms with Crippen LogP contribution >= 0.6 is 11.8 Å². The Kier molecular flexibility index (Phi) is 5.50. The molecule has 0 bridgehead atoms. The lowest BCUT2D eigenvalue weighted by Crippen LogP contribution is -2.13. The molecule has 1 atom stereocenters. The predicted molar refractivity (Wildman–Crippen MR) is 74.4 cm³/mol. The van der Waals surface area contributed by atoms with Gasteiger partial charge in [0.1, 0.15) is 0 Å². The van der Waals surface area contributed by atoms with Crippen molar-refractivity contribution in [3.8, 4) is 0 Å². The molecule has 18 heavy (non-hydrogen) atoms. The maximum Gasteiger partial charge on any atom is 0.226 e. The van der Waals surface area contributed by atoms with Gasteiger partial charge in [-0.1, -0.05) is 31.3 Å². The molecule has 1 aromatic heterocycles. The molecule has 0 aliphatic heterocycles. The van der Waals surface area contributed by atoms with Gasteiger partial charge in [-0.15, -0.1) is 0 Å². The van der Waals surface area contributed by atoms with Crippen LogP contribution in [0.5, 0.6) is 0 Å². The molecule has 1 aliphatic carbocycles. The van der Waals surface area contributed by atoms with E-state index in [4.69, 9.17) is 10.3 Å². The van der Waals surface area contributed by atoms with Gasteiger partial charge in [-0.3, -0.25) is 0 Å². The smallest absolute Gasteiger partial charge is 0.226 e. The Balaban J connectivity index is 1.75. The third-order valence-electron chi connectivity index (χ3n) is 3.44. The van der Waals surface area contributed by atoms with E-state index in [0.717, 1.165) is 29.1 Å². The van der Waals surface area contributed by atoms with Crippen molar-refractivity contribution in [1.29, 1.82) is 0 Å². The van der Waals surface area contributed by atoms with Gasteiger partial charge in [-0.25, -0.2) is 0 Å². The van der Waals surface area contributed by atoms with Crippen LogP contribution in [0.3, 0.4) is 0 Å². The minimum Gasteiger partial charge on any atom is -0.339 e. The number of hydrogen-bond donors (Lipinski definition) is 1. The SMILES string of the molecule is CC(CN)Cc1nc(CSC2CCCCC2)no1. The van der Waals surface area contributed by atoms with Gasteiger partial charge < -0.3 is 10.3 Å². The summed E-state index contributed by atoms with van der Waals surface area (Å²) in [4.78, 5) is 4.43. The van der Waals surface area contributed by atoms with E-state index < -0.39 is 0 Å². The van der Waals surface area contributed by atoms with Crippen LogP contribution in [0.4, 0.5) is 0 Å². The van der Waals surface area contributed by atoms with Crippen LogP contribution in [0.1, 0.15) is 50.7 Å². The number of thioether (sulfide) groups is 1. The molecule has 5 heteroatoms. The van der Waals surface area contributed by atoms with E-state index in [1.807, 2.05) is 11.8 Å². The molecule has 1 unspecified atom stereocenters. The first kappa shape index (κ1) is 13.9. The monoisotopic (exact) mass is 269 g/mol. The first-order valence-electron chi connectivity index (χ1n) is 6.91. The van der Waals surface area contributed by atoms with Gasteiger partial charge in [-0.05, 0) is 25.3 Å². The van der Waals surface area contributed by atoms with E-state index >= 15 is 0 Å². The summed E-state index contributed by atoms with van der Waals surface area (Å²) in [6.07, 6.45) is 7.64. The summed E-state index contributed by atoms with van der Waals surface area (Å²) in [5, 5.41) is 4.84. The summed E-state index contributed by atoms with van der Waals surface area (Å²) in [7, 11) is 0. The molecule has 1 aromatic rings. The van der Waals surface area contributed by atoms with Crippen molar-refractivity contribution in [1.82, 2.24) is 10.1 Å². The maximum atomic E-state index is 5.59. The summed E-state index contributed by atoms with van der Waals surface area (Å²) in [6.45, 7) is 2.76. The van der Waals surface area contributed by atoms with Crippen LogP contribution < -0.4 is 5.73 Å². The molecule has 0 spiro atoms. The number of nitrogens with zero attached hydrogens (tertiary/aromatic N) is 2. The topological polar surface area (TPSA) is 64.9 Å². The maximum absolute atomic E-state index is 5.59. The van der Waals surface area contributed by atoms with Crippen molar-refractivity contribution < 1.29 is 4.52 Å². The standard InChI is InChI=1S/C13H23N3OS/c1-10(8-14)7-13-15-12(16-17-13)9-18-11-5-3-2-4-6-11/h10-11H,2-9,14H2,1H3. The lowest BCUT2D eigenvalue weighted by molar-refractivity contribution is 0.356. The summed E-state index contributed by atoms with van der Waals surface area (Å²) in [5.74, 6) is 2.85. The summed E-state index contributed by atoms with van der Waals surface area (Å²) in [6, 6.07) is 0. The lowest BCUT2D eigenvalue weighted by atomic mass is 10.0. The van der Waals surface area contributed by atoms with Crippen molar-refractivity contribution in [3.63, 3.8) is 0 Å². The van der Waals surface area contributed by atoms with Crippen molar-refractivity contribution in [2.24, 2.45) is 11.7 Å². The Bertz CT molecular complexity index is 350. The highest BCUT2D eigenvalue weighted by molar-refractivity contribution is 7.99. The summed E-state index contributed by atoms with van der Waals surface area (Å²) in [5.41, 5.74) is 5.59. The Morgan fingerprint density at radius 1 is 1.39 bits per heavy atom. The predicted octanol–water partition coefficient (Wildman–Crippen LogP) is 2.77. The summed E-state index contributed by atoms with van der Waals surface area (Å²) >= 11 is 1.98. The molecule has 1 saturated carbocycles. The molecule has 4 nitrogen and oxygen atoms in total. The first-order chi connectivity index (χ1) is 8.78. The average molecular weight is 269 g/mol. The molecule has 1 heterocycles. The van der Waals surface area contributed by atoms with Gasteiger partial charge >= 0.3 is 0 Å². The second-order valence-corrected chi connectivity index (χ2v) is 6.51. The van der Waals surface area contributed by atoms with E-state index in [1.165, 1.54) is 32.1 Å². The molecule has 0 aromatic carbocycles.